The van der Waals surface area contributed by atoms with Gasteiger partial charge >= 0.3 is 6.18 Å². The molecule has 0 aliphatic carbocycles. The molecule has 0 spiro atoms. The van der Waals surface area contributed by atoms with Gasteiger partial charge in [-0.05, 0) is 37.0 Å². The molecule has 1 saturated heterocycles. The van der Waals surface area contributed by atoms with Crippen molar-refractivity contribution in [1.29, 1.82) is 0 Å². The van der Waals surface area contributed by atoms with Gasteiger partial charge in [-0.25, -0.2) is 4.98 Å². The number of amides is 1. The van der Waals surface area contributed by atoms with Crippen LogP contribution < -0.4 is 0 Å². The van der Waals surface area contributed by atoms with Crippen LogP contribution in [-0.2, 0) is 6.18 Å². The summed E-state index contributed by atoms with van der Waals surface area (Å²) in [5.74, 6) is -0.521. The number of hydrogen-bond acceptors (Lipinski definition) is 5. The third kappa shape index (κ3) is 3.76. The Balaban J connectivity index is 1.61. The van der Waals surface area contributed by atoms with E-state index in [9.17, 15) is 18.0 Å². The molecule has 9 heteroatoms. The summed E-state index contributed by atoms with van der Waals surface area (Å²) < 4.78 is 46.6. The molecule has 0 bridgehead atoms. The number of pyridine rings is 2. The van der Waals surface area contributed by atoms with Gasteiger partial charge in [0, 0.05) is 42.7 Å². The van der Waals surface area contributed by atoms with Crippen LogP contribution in [0, 0.1) is 0 Å². The lowest BCUT2D eigenvalue weighted by Crippen LogP contribution is -2.38. The minimum Gasteiger partial charge on any atom is -0.339 e. The number of fused-ring (bicyclic) bond motifs is 1. The van der Waals surface area contributed by atoms with Gasteiger partial charge in [-0.15, -0.1) is 0 Å². The number of carbonyl (C=O) groups is 1. The van der Waals surface area contributed by atoms with Gasteiger partial charge in [-0.1, -0.05) is 19.0 Å². The van der Waals surface area contributed by atoms with E-state index < -0.39 is 11.7 Å². The zero-order chi connectivity index (χ0) is 21.5. The quantitative estimate of drug-likeness (QED) is 0.612. The molecule has 0 saturated carbocycles. The van der Waals surface area contributed by atoms with Crippen LogP contribution >= 0.6 is 0 Å². The Morgan fingerprint density at radius 2 is 1.87 bits per heavy atom. The van der Waals surface area contributed by atoms with E-state index in [2.05, 4.69) is 15.1 Å². The molecule has 0 unspecified atom stereocenters. The zero-order valence-corrected chi connectivity index (χ0v) is 16.6. The normalized spacial score (nSPS) is 15.9. The van der Waals surface area contributed by atoms with Gasteiger partial charge in [0.1, 0.15) is 0 Å². The number of hydrogen-bond donors (Lipinski definition) is 0. The Morgan fingerprint density at radius 1 is 1.20 bits per heavy atom. The summed E-state index contributed by atoms with van der Waals surface area (Å²) in [7, 11) is 0. The number of alkyl halides is 3. The van der Waals surface area contributed by atoms with E-state index in [1.165, 1.54) is 0 Å². The fraction of sp³-hybridized carbons (Fsp3) is 0.429. The van der Waals surface area contributed by atoms with E-state index in [0.29, 0.717) is 37.2 Å². The Hall–Kier alpha value is -2.97. The van der Waals surface area contributed by atoms with Gasteiger partial charge in [-0.3, -0.25) is 9.78 Å². The molecular formula is C21H21F3N4O2. The molecule has 1 aliphatic rings. The first-order valence-electron chi connectivity index (χ1n) is 9.82. The van der Waals surface area contributed by atoms with E-state index in [0.717, 1.165) is 6.07 Å². The third-order valence-corrected chi connectivity index (χ3v) is 5.49. The highest BCUT2D eigenvalue weighted by molar-refractivity contribution is 5.94. The minimum atomic E-state index is -4.54. The van der Waals surface area contributed by atoms with Crippen molar-refractivity contribution in [3.8, 4) is 0 Å². The molecule has 1 amide bonds. The first-order chi connectivity index (χ1) is 14.3. The topological polar surface area (TPSA) is 72.1 Å². The monoisotopic (exact) mass is 418 g/mol. The van der Waals surface area contributed by atoms with Crippen LogP contribution in [0.5, 0.6) is 0 Å². The van der Waals surface area contributed by atoms with Crippen LogP contribution in [0.2, 0.25) is 0 Å². The van der Waals surface area contributed by atoms with Gasteiger partial charge in [0.05, 0.1) is 16.6 Å². The molecule has 158 valence electrons. The van der Waals surface area contributed by atoms with Crippen molar-refractivity contribution in [3.05, 3.63) is 53.1 Å². The molecule has 1 fully saturated rings. The highest BCUT2D eigenvalue weighted by atomic mass is 19.4. The minimum absolute atomic E-state index is 0.0641. The second-order valence-electron chi connectivity index (χ2n) is 7.80. The number of rotatable bonds is 3. The van der Waals surface area contributed by atoms with E-state index in [-0.39, 0.29) is 34.5 Å². The molecule has 3 aromatic rings. The second-order valence-corrected chi connectivity index (χ2v) is 7.80. The van der Waals surface area contributed by atoms with E-state index in [4.69, 9.17) is 4.52 Å². The molecule has 30 heavy (non-hydrogen) atoms. The van der Waals surface area contributed by atoms with Crippen LogP contribution in [-0.4, -0.2) is 39.0 Å². The zero-order valence-electron chi connectivity index (χ0n) is 16.6. The van der Waals surface area contributed by atoms with Crippen molar-refractivity contribution < 1.29 is 22.5 Å². The summed E-state index contributed by atoms with van der Waals surface area (Å²) >= 11 is 0. The van der Waals surface area contributed by atoms with Gasteiger partial charge in [-0.2, -0.15) is 13.2 Å². The number of nitrogens with zero attached hydrogens (tertiary/aromatic N) is 4. The SMILES string of the molecule is CC(C)c1cc(C(F)(F)F)c2c(C3CCN(C(=O)c4ccncc4)CC3)noc2n1. The number of piperidine rings is 1. The van der Waals surface area contributed by atoms with Gasteiger partial charge < -0.3 is 9.42 Å². The van der Waals surface area contributed by atoms with E-state index in [1.54, 1.807) is 43.3 Å². The number of aromatic nitrogens is 3. The summed E-state index contributed by atoms with van der Waals surface area (Å²) in [6.45, 7) is 4.42. The third-order valence-electron chi connectivity index (χ3n) is 5.49. The van der Waals surface area contributed by atoms with Crippen molar-refractivity contribution in [2.45, 2.75) is 44.7 Å². The van der Waals surface area contributed by atoms with Crippen molar-refractivity contribution >= 4 is 17.0 Å². The molecule has 4 rings (SSSR count). The van der Waals surface area contributed by atoms with Crippen molar-refractivity contribution in [3.63, 3.8) is 0 Å². The number of likely N-dealkylation sites (tertiary alicyclic amines) is 1. The Kier molecular flexibility index (Phi) is 5.21. The summed E-state index contributed by atoms with van der Waals surface area (Å²) in [6.07, 6.45) is -0.427. The van der Waals surface area contributed by atoms with Crippen LogP contribution in [0.4, 0.5) is 13.2 Å². The van der Waals surface area contributed by atoms with Crippen LogP contribution in [0.15, 0.2) is 35.1 Å². The maximum Gasteiger partial charge on any atom is 0.417 e. The predicted octanol–water partition coefficient (Wildman–Crippen LogP) is 4.78. The Labute approximate surface area is 171 Å². The molecule has 0 radical (unpaired) electrons. The van der Waals surface area contributed by atoms with Gasteiger partial charge in [0.25, 0.3) is 11.6 Å². The highest BCUT2D eigenvalue weighted by Crippen LogP contribution is 2.41. The molecule has 3 aromatic heterocycles. The number of halogens is 3. The Morgan fingerprint density at radius 3 is 2.47 bits per heavy atom. The lowest BCUT2D eigenvalue weighted by atomic mass is 9.90. The van der Waals surface area contributed by atoms with Crippen LogP contribution in [0.3, 0.4) is 0 Å². The smallest absolute Gasteiger partial charge is 0.339 e. The molecular weight excluding hydrogens is 397 g/mol. The van der Waals surface area contributed by atoms with E-state index >= 15 is 0 Å². The maximum atomic E-state index is 13.8. The second kappa shape index (κ2) is 7.70. The van der Waals surface area contributed by atoms with Crippen LogP contribution in [0.1, 0.15) is 65.8 Å². The Bertz CT molecular complexity index is 1060. The highest BCUT2D eigenvalue weighted by Gasteiger charge is 2.38. The summed E-state index contributed by atoms with van der Waals surface area (Å²) in [5.41, 5.74) is 0.285. The summed E-state index contributed by atoms with van der Waals surface area (Å²) in [4.78, 5) is 22.5. The average molecular weight is 418 g/mol. The van der Waals surface area contributed by atoms with Crippen molar-refractivity contribution in [2.24, 2.45) is 0 Å². The van der Waals surface area contributed by atoms with Crippen molar-refractivity contribution in [2.75, 3.05) is 13.1 Å². The first kappa shape index (κ1) is 20.3. The molecule has 1 aliphatic heterocycles. The molecule has 0 atom stereocenters. The van der Waals surface area contributed by atoms with Gasteiger partial charge in [0.2, 0.25) is 0 Å². The maximum absolute atomic E-state index is 13.8. The molecule has 6 nitrogen and oxygen atoms in total. The number of carbonyl (C=O) groups excluding carboxylic acids is 1. The van der Waals surface area contributed by atoms with Crippen molar-refractivity contribution in [1.82, 2.24) is 20.0 Å². The van der Waals surface area contributed by atoms with E-state index in [1.807, 2.05) is 0 Å². The first-order valence-corrected chi connectivity index (χ1v) is 9.82. The predicted molar refractivity (Wildman–Crippen MR) is 103 cm³/mol. The lowest BCUT2D eigenvalue weighted by Gasteiger charge is -2.31. The summed E-state index contributed by atoms with van der Waals surface area (Å²) in [5, 5.41) is 3.91. The average Bonchev–Trinajstić information content (AvgIpc) is 3.16. The fourth-order valence-electron chi connectivity index (χ4n) is 3.82. The molecule has 0 N–H and O–H groups in total. The van der Waals surface area contributed by atoms with Gasteiger partial charge in [0.15, 0.2) is 0 Å². The molecule has 4 heterocycles. The van der Waals surface area contributed by atoms with Crippen LogP contribution in [0.25, 0.3) is 11.1 Å². The fourth-order valence-corrected chi connectivity index (χ4v) is 3.82. The summed E-state index contributed by atoms with van der Waals surface area (Å²) in [6, 6.07) is 4.39. The molecule has 0 aromatic carbocycles. The lowest BCUT2D eigenvalue weighted by molar-refractivity contribution is -0.136. The largest absolute Gasteiger partial charge is 0.417 e. The standard InChI is InChI=1S/C21H21F3N4O2/c1-12(2)16-11-15(21(22,23)24)17-18(27-30-19(17)26-16)13-5-9-28(10-6-13)20(29)14-3-7-25-8-4-14/h3-4,7-8,11-13H,5-6,9-10H2,1-2H3.